The van der Waals surface area contributed by atoms with Crippen molar-refractivity contribution in [2.45, 2.75) is 16.5 Å². The maximum Gasteiger partial charge on any atom is 0.332 e. The number of hydrogen-bond acceptors (Lipinski definition) is 3. The molecule has 2 aromatic rings. The SMILES string of the molecule is CSc1c2c(nc(-c3ccccc3)[n+]1C)SCC2. The highest BCUT2D eigenvalue weighted by molar-refractivity contribution is 8.00. The Morgan fingerprint density at radius 2 is 2.06 bits per heavy atom. The van der Waals surface area contributed by atoms with E-state index in [-0.39, 0.29) is 0 Å². The molecule has 0 spiro atoms. The summed E-state index contributed by atoms with van der Waals surface area (Å²) < 4.78 is 2.23. The van der Waals surface area contributed by atoms with Crippen molar-refractivity contribution in [2.75, 3.05) is 12.0 Å². The van der Waals surface area contributed by atoms with Crippen molar-refractivity contribution in [3.05, 3.63) is 35.9 Å². The van der Waals surface area contributed by atoms with Gasteiger partial charge in [-0.15, -0.1) is 0 Å². The predicted octanol–water partition coefficient (Wildman–Crippen LogP) is 2.94. The first-order valence-corrected chi connectivity index (χ1v) is 8.17. The first-order chi connectivity index (χ1) is 8.81. The molecule has 1 aliphatic heterocycles. The summed E-state index contributed by atoms with van der Waals surface area (Å²) in [5.41, 5.74) is 2.61. The largest absolute Gasteiger partial charge is 0.332 e. The minimum atomic E-state index is 1.06. The number of thioether (sulfide) groups is 2. The molecule has 1 aromatic carbocycles. The zero-order valence-electron chi connectivity index (χ0n) is 10.5. The van der Waals surface area contributed by atoms with Gasteiger partial charge in [0, 0.05) is 5.75 Å². The van der Waals surface area contributed by atoms with Crippen molar-refractivity contribution in [1.29, 1.82) is 0 Å². The summed E-state index contributed by atoms with van der Waals surface area (Å²) in [6.45, 7) is 0. The van der Waals surface area contributed by atoms with E-state index in [4.69, 9.17) is 4.98 Å². The third-order valence-corrected chi connectivity index (χ3v) is 5.09. The van der Waals surface area contributed by atoms with Gasteiger partial charge < -0.3 is 0 Å². The molecular formula is C14H15N2S2+. The van der Waals surface area contributed by atoms with Crippen LogP contribution in [0.3, 0.4) is 0 Å². The second-order valence-corrected chi connectivity index (χ2v) is 6.13. The van der Waals surface area contributed by atoms with E-state index in [9.17, 15) is 0 Å². The maximum atomic E-state index is 4.84. The Labute approximate surface area is 116 Å². The zero-order valence-corrected chi connectivity index (χ0v) is 12.1. The zero-order chi connectivity index (χ0) is 12.5. The Morgan fingerprint density at radius 1 is 1.28 bits per heavy atom. The quantitative estimate of drug-likeness (QED) is 0.476. The van der Waals surface area contributed by atoms with Gasteiger partial charge in [0.25, 0.3) is 0 Å². The van der Waals surface area contributed by atoms with Crippen molar-refractivity contribution in [1.82, 2.24) is 4.98 Å². The lowest BCUT2D eigenvalue weighted by Gasteiger charge is -2.07. The molecule has 0 radical (unpaired) electrons. The fraction of sp³-hybridized carbons (Fsp3) is 0.286. The number of aromatic nitrogens is 2. The van der Waals surface area contributed by atoms with E-state index >= 15 is 0 Å². The Hall–Kier alpha value is -1.000. The Bertz CT molecular complexity index is 582. The smallest absolute Gasteiger partial charge is 0.220 e. The fourth-order valence-electron chi connectivity index (χ4n) is 2.32. The normalized spacial score (nSPS) is 13.7. The van der Waals surface area contributed by atoms with Gasteiger partial charge in [-0.05, 0) is 29.8 Å². The van der Waals surface area contributed by atoms with Crippen molar-refractivity contribution in [3.8, 4) is 11.4 Å². The minimum Gasteiger partial charge on any atom is -0.220 e. The number of fused-ring (bicyclic) bond motifs is 1. The molecule has 0 aliphatic carbocycles. The molecule has 1 aromatic heterocycles. The molecule has 0 amide bonds. The molecule has 2 nitrogen and oxygen atoms in total. The summed E-state index contributed by atoms with van der Waals surface area (Å²) >= 11 is 3.70. The van der Waals surface area contributed by atoms with Crippen LogP contribution in [0, 0.1) is 0 Å². The van der Waals surface area contributed by atoms with Crippen molar-refractivity contribution < 1.29 is 4.57 Å². The topological polar surface area (TPSA) is 16.8 Å². The number of benzene rings is 1. The van der Waals surface area contributed by atoms with E-state index in [1.807, 2.05) is 29.6 Å². The minimum absolute atomic E-state index is 1.06. The Balaban J connectivity index is 2.23. The van der Waals surface area contributed by atoms with Gasteiger partial charge in [-0.1, -0.05) is 41.7 Å². The van der Waals surface area contributed by atoms with Crippen LogP contribution in [0.15, 0.2) is 40.4 Å². The molecule has 3 rings (SSSR count). The molecule has 0 N–H and O–H groups in total. The van der Waals surface area contributed by atoms with E-state index in [1.54, 1.807) is 0 Å². The molecule has 0 fully saturated rings. The van der Waals surface area contributed by atoms with Crippen LogP contribution in [0.25, 0.3) is 11.4 Å². The molecule has 4 heteroatoms. The summed E-state index contributed by atoms with van der Waals surface area (Å²) in [6, 6.07) is 10.4. The summed E-state index contributed by atoms with van der Waals surface area (Å²) in [5.74, 6) is 2.22. The maximum absolute atomic E-state index is 4.84. The van der Waals surface area contributed by atoms with E-state index in [1.165, 1.54) is 21.2 Å². The average molecular weight is 275 g/mol. The number of nitrogens with zero attached hydrogens (tertiary/aromatic N) is 2. The lowest BCUT2D eigenvalue weighted by molar-refractivity contribution is -0.701. The monoisotopic (exact) mass is 275 g/mol. The van der Waals surface area contributed by atoms with Crippen molar-refractivity contribution >= 4 is 23.5 Å². The first-order valence-electron chi connectivity index (χ1n) is 5.96. The first kappa shape index (κ1) is 12.1. The second kappa shape index (κ2) is 4.94. The van der Waals surface area contributed by atoms with Crippen molar-refractivity contribution in [3.63, 3.8) is 0 Å². The highest BCUT2D eigenvalue weighted by Gasteiger charge is 2.29. The predicted molar refractivity (Wildman–Crippen MR) is 77.1 cm³/mol. The van der Waals surface area contributed by atoms with Crippen LogP contribution in [-0.4, -0.2) is 17.0 Å². The summed E-state index contributed by atoms with van der Waals surface area (Å²) in [6.07, 6.45) is 3.29. The van der Waals surface area contributed by atoms with Gasteiger partial charge >= 0.3 is 5.82 Å². The van der Waals surface area contributed by atoms with E-state index in [0.717, 1.165) is 18.0 Å². The molecule has 18 heavy (non-hydrogen) atoms. The number of rotatable bonds is 2. The van der Waals surface area contributed by atoms with Gasteiger partial charge in [0.2, 0.25) is 5.03 Å². The van der Waals surface area contributed by atoms with Crippen LogP contribution in [0.5, 0.6) is 0 Å². The van der Waals surface area contributed by atoms with Gasteiger partial charge in [-0.25, -0.2) is 4.57 Å². The molecule has 2 heterocycles. The highest BCUT2D eigenvalue weighted by atomic mass is 32.2. The molecule has 1 aliphatic rings. The Kier molecular flexibility index (Phi) is 3.31. The third-order valence-electron chi connectivity index (χ3n) is 3.16. The van der Waals surface area contributed by atoms with Crippen LogP contribution >= 0.6 is 23.5 Å². The average Bonchev–Trinajstić information content (AvgIpc) is 2.87. The van der Waals surface area contributed by atoms with Gasteiger partial charge in [0.05, 0.1) is 18.2 Å². The summed E-state index contributed by atoms with van der Waals surface area (Å²) in [5, 5.41) is 2.57. The van der Waals surface area contributed by atoms with Crippen LogP contribution in [0.1, 0.15) is 5.56 Å². The van der Waals surface area contributed by atoms with E-state index in [2.05, 4.69) is 42.1 Å². The second-order valence-electron chi connectivity index (χ2n) is 4.25. The van der Waals surface area contributed by atoms with E-state index < -0.39 is 0 Å². The lowest BCUT2D eigenvalue weighted by Crippen LogP contribution is -2.36. The molecule has 0 bridgehead atoms. The fourth-order valence-corrected chi connectivity index (χ4v) is 4.21. The highest BCUT2D eigenvalue weighted by Crippen LogP contribution is 2.35. The summed E-state index contributed by atoms with van der Waals surface area (Å²) in [4.78, 5) is 4.84. The van der Waals surface area contributed by atoms with Gasteiger partial charge in [0.1, 0.15) is 0 Å². The Morgan fingerprint density at radius 3 is 2.78 bits per heavy atom. The third kappa shape index (κ3) is 1.93. The summed E-state index contributed by atoms with van der Waals surface area (Å²) in [7, 11) is 2.12. The molecule has 0 saturated heterocycles. The lowest BCUT2D eigenvalue weighted by atomic mass is 10.2. The van der Waals surface area contributed by atoms with Crippen LogP contribution in [-0.2, 0) is 13.5 Å². The van der Waals surface area contributed by atoms with Crippen LogP contribution in [0.2, 0.25) is 0 Å². The molecular weight excluding hydrogens is 260 g/mol. The van der Waals surface area contributed by atoms with Gasteiger partial charge in [0.15, 0.2) is 5.03 Å². The van der Waals surface area contributed by atoms with Gasteiger partial charge in [-0.3, -0.25) is 0 Å². The van der Waals surface area contributed by atoms with Crippen molar-refractivity contribution in [2.24, 2.45) is 7.05 Å². The molecule has 92 valence electrons. The van der Waals surface area contributed by atoms with Crippen LogP contribution in [0.4, 0.5) is 0 Å². The van der Waals surface area contributed by atoms with Crippen LogP contribution < -0.4 is 4.57 Å². The molecule has 0 saturated carbocycles. The molecule has 0 atom stereocenters. The number of hydrogen-bond donors (Lipinski definition) is 0. The van der Waals surface area contributed by atoms with E-state index in [0.29, 0.717) is 0 Å². The molecule has 0 unspecified atom stereocenters. The standard InChI is InChI=1S/C14H15N2S2/c1-16-12(10-6-4-3-5-7-10)15-13-11(8-9-18-13)14(16)17-2/h3-7H,8-9H2,1-2H3/q+1. The van der Waals surface area contributed by atoms with Gasteiger partial charge in [-0.2, -0.15) is 0 Å².